The van der Waals surface area contributed by atoms with E-state index in [1.807, 2.05) is 13.8 Å². The first-order valence-electron chi connectivity index (χ1n) is 7.95. The summed E-state index contributed by atoms with van der Waals surface area (Å²) in [5, 5.41) is 3.61. The van der Waals surface area contributed by atoms with Crippen LogP contribution in [-0.4, -0.2) is 48.7 Å². The van der Waals surface area contributed by atoms with E-state index in [-0.39, 0.29) is 5.97 Å². The highest BCUT2D eigenvalue weighted by molar-refractivity contribution is 5.79. The van der Waals surface area contributed by atoms with Crippen LogP contribution in [0.25, 0.3) is 0 Å². The quantitative estimate of drug-likeness (QED) is 0.801. The fraction of sp³-hybridized carbons (Fsp3) is 0.938. The number of hydrogen-bond donors (Lipinski definition) is 1. The summed E-state index contributed by atoms with van der Waals surface area (Å²) in [5.74, 6) is 1.16. The molecule has 1 N–H and O–H groups in total. The second-order valence-electron chi connectivity index (χ2n) is 7.29. The molecule has 2 aliphatic rings. The molecule has 1 heterocycles. The van der Waals surface area contributed by atoms with E-state index >= 15 is 0 Å². The highest BCUT2D eigenvalue weighted by Crippen LogP contribution is 2.36. The molecule has 0 aromatic carbocycles. The number of hydrogen-bond acceptors (Lipinski definition) is 4. The first-order valence-corrected chi connectivity index (χ1v) is 7.95. The molecule has 4 heteroatoms. The van der Waals surface area contributed by atoms with Crippen LogP contribution < -0.4 is 5.32 Å². The zero-order valence-electron chi connectivity index (χ0n) is 13.6. The number of carbonyl (C=O) groups excluding carboxylic acids is 1. The number of ether oxygens (including phenoxy) is 1. The van der Waals surface area contributed by atoms with Crippen molar-refractivity contribution in [2.45, 2.75) is 64.6 Å². The lowest BCUT2D eigenvalue weighted by atomic mass is 9.72. The summed E-state index contributed by atoms with van der Waals surface area (Å²) in [4.78, 5) is 14.5. The third-order valence-corrected chi connectivity index (χ3v) is 5.06. The van der Waals surface area contributed by atoms with Gasteiger partial charge in [0.15, 0.2) is 0 Å². The molecule has 2 fully saturated rings. The third-order valence-electron chi connectivity index (χ3n) is 5.06. The number of nitrogens with one attached hydrogen (secondary N) is 1. The Morgan fingerprint density at radius 2 is 1.80 bits per heavy atom. The minimum atomic E-state index is -0.590. The van der Waals surface area contributed by atoms with Crippen molar-refractivity contribution in [1.82, 2.24) is 10.2 Å². The highest BCUT2D eigenvalue weighted by atomic mass is 16.5. The summed E-state index contributed by atoms with van der Waals surface area (Å²) >= 11 is 0. The molecule has 0 aromatic heterocycles. The summed E-state index contributed by atoms with van der Waals surface area (Å²) in [6, 6.07) is 1.07. The van der Waals surface area contributed by atoms with Crippen LogP contribution >= 0.6 is 0 Å². The maximum atomic E-state index is 11.9. The SMILES string of the molecule is COC(=O)C(C)(C)NC1C2CCCC1CN(C(C)C)C2. The minimum Gasteiger partial charge on any atom is -0.468 e. The summed E-state index contributed by atoms with van der Waals surface area (Å²) in [5.41, 5.74) is -0.590. The van der Waals surface area contributed by atoms with E-state index in [9.17, 15) is 4.79 Å². The summed E-state index contributed by atoms with van der Waals surface area (Å²) in [7, 11) is 1.47. The Labute approximate surface area is 123 Å². The third kappa shape index (κ3) is 3.17. The Balaban J connectivity index is 2.07. The first kappa shape index (κ1) is 15.8. The Bertz CT molecular complexity index is 340. The number of carbonyl (C=O) groups is 1. The minimum absolute atomic E-state index is 0.165. The fourth-order valence-electron chi connectivity index (χ4n) is 3.86. The standard InChI is InChI=1S/C16H30N2O2/c1-11(2)18-9-12-7-6-8-13(10-18)14(12)17-16(3,4)15(19)20-5/h11-14,17H,6-10H2,1-5H3. The number of rotatable bonds is 4. The number of piperidine rings is 1. The van der Waals surface area contributed by atoms with Crippen molar-refractivity contribution in [3.8, 4) is 0 Å². The van der Waals surface area contributed by atoms with Gasteiger partial charge in [-0.25, -0.2) is 0 Å². The first-order chi connectivity index (χ1) is 9.35. The predicted octanol–water partition coefficient (Wildman–Crippen LogP) is 2.04. The van der Waals surface area contributed by atoms with Crippen LogP contribution in [0.4, 0.5) is 0 Å². The van der Waals surface area contributed by atoms with Crippen LogP contribution in [0.15, 0.2) is 0 Å². The molecular weight excluding hydrogens is 252 g/mol. The normalized spacial score (nSPS) is 31.4. The van der Waals surface area contributed by atoms with E-state index in [0.717, 1.165) is 13.1 Å². The van der Waals surface area contributed by atoms with Gasteiger partial charge >= 0.3 is 5.97 Å². The molecule has 0 radical (unpaired) electrons. The fourth-order valence-corrected chi connectivity index (χ4v) is 3.86. The van der Waals surface area contributed by atoms with Crippen molar-refractivity contribution in [1.29, 1.82) is 0 Å². The van der Waals surface area contributed by atoms with Crippen molar-refractivity contribution in [2.24, 2.45) is 11.8 Å². The molecule has 2 unspecified atom stereocenters. The molecule has 20 heavy (non-hydrogen) atoms. The Kier molecular flexibility index (Phi) is 4.75. The van der Waals surface area contributed by atoms with Gasteiger partial charge in [-0.1, -0.05) is 6.42 Å². The average Bonchev–Trinajstić information content (AvgIpc) is 2.36. The molecule has 0 aromatic rings. The summed E-state index contributed by atoms with van der Waals surface area (Å²) in [6.45, 7) is 10.7. The molecule has 1 saturated carbocycles. The van der Waals surface area contributed by atoms with Crippen molar-refractivity contribution >= 4 is 5.97 Å². The number of likely N-dealkylation sites (tertiary alicyclic amines) is 1. The van der Waals surface area contributed by atoms with Crippen molar-refractivity contribution in [3.05, 3.63) is 0 Å². The molecule has 0 amide bonds. The molecule has 1 aliphatic carbocycles. The molecule has 0 spiro atoms. The zero-order valence-corrected chi connectivity index (χ0v) is 13.6. The largest absolute Gasteiger partial charge is 0.468 e. The monoisotopic (exact) mass is 282 g/mol. The topological polar surface area (TPSA) is 41.6 Å². The van der Waals surface area contributed by atoms with Crippen LogP contribution in [0.1, 0.15) is 47.0 Å². The highest BCUT2D eigenvalue weighted by Gasteiger charge is 2.43. The predicted molar refractivity (Wildman–Crippen MR) is 80.6 cm³/mol. The Morgan fingerprint density at radius 3 is 2.25 bits per heavy atom. The lowest BCUT2D eigenvalue weighted by molar-refractivity contribution is -0.148. The molecule has 4 nitrogen and oxygen atoms in total. The molecule has 1 saturated heterocycles. The van der Waals surface area contributed by atoms with Crippen LogP contribution in [0.2, 0.25) is 0 Å². The second kappa shape index (κ2) is 6.02. The van der Waals surface area contributed by atoms with Crippen molar-refractivity contribution in [2.75, 3.05) is 20.2 Å². The smallest absolute Gasteiger partial charge is 0.325 e. The van der Waals surface area contributed by atoms with Crippen molar-refractivity contribution in [3.63, 3.8) is 0 Å². The van der Waals surface area contributed by atoms with Crippen LogP contribution in [0.3, 0.4) is 0 Å². The van der Waals surface area contributed by atoms with E-state index in [1.165, 1.54) is 26.4 Å². The lowest BCUT2D eigenvalue weighted by Gasteiger charge is -2.50. The summed E-state index contributed by atoms with van der Waals surface area (Å²) in [6.07, 6.45) is 3.88. The van der Waals surface area contributed by atoms with E-state index in [0.29, 0.717) is 23.9 Å². The van der Waals surface area contributed by atoms with Gasteiger partial charge < -0.3 is 9.64 Å². The van der Waals surface area contributed by atoms with Gasteiger partial charge in [-0.05, 0) is 52.4 Å². The van der Waals surface area contributed by atoms with Gasteiger partial charge in [0.2, 0.25) is 0 Å². The van der Waals surface area contributed by atoms with E-state index < -0.39 is 5.54 Å². The van der Waals surface area contributed by atoms with E-state index in [4.69, 9.17) is 4.74 Å². The Hall–Kier alpha value is -0.610. The van der Waals surface area contributed by atoms with E-state index in [1.54, 1.807) is 0 Å². The molecular formula is C16H30N2O2. The molecule has 116 valence electrons. The maximum absolute atomic E-state index is 11.9. The van der Waals surface area contributed by atoms with Crippen LogP contribution in [-0.2, 0) is 9.53 Å². The van der Waals surface area contributed by atoms with Gasteiger partial charge in [0.1, 0.15) is 5.54 Å². The van der Waals surface area contributed by atoms with Crippen molar-refractivity contribution < 1.29 is 9.53 Å². The molecule has 2 rings (SSSR count). The lowest BCUT2D eigenvalue weighted by Crippen LogP contribution is -2.63. The molecule has 1 aliphatic heterocycles. The van der Waals surface area contributed by atoms with Crippen LogP contribution in [0.5, 0.6) is 0 Å². The van der Waals surface area contributed by atoms with Gasteiger partial charge in [-0.2, -0.15) is 0 Å². The van der Waals surface area contributed by atoms with Gasteiger partial charge in [0, 0.05) is 25.2 Å². The number of esters is 1. The number of fused-ring (bicyclic) bond motifs is 2. The molecule has 2 atom stereocenters. The molecule has 2 bridgehead atoms. The van der Waals surface area contributed by atoms with Gasteiger partial charge in [0.25, 0.3) is 0 Å². The zero-order chi connectivity index (χ0) is 14.9. The van der Waals surface area contributed by atoms with Crippen LogP contribution in [0, 0.1) is 11.8 Å². The Morgan fingerprint density at radius 1 is 1.25 bits per heavy atom. The average molecular weight is 282 g/mol. The van der Waals surface area contributed by atoms with Gasteiger partial charge in [-0.15, -0.1) is 0 Å². The number of methoxy groups -OCH3 is 1. The van der Waals surface area contributed by atoms with E-state index in [2.05, 4.69) is 24.1 Å². The van der Waals surface area contributed by atoms with Gasteiger partial charge in [-0.3, -0.25) is 10.1 Å². The summed E-state index contributed by atoms with van der Waals surface area (Å²) < 4.78 is 4.93. The van der Waals surface area contributed by atoms with Gasteiger partial charge in [0.05, 0.1) is 7.11 Å². The maximum Gasteiger partial charge on any atom is 0.325 e. The second-order valence-corrected chi connectivity index (χ2v) is 7.29. The number of nitrogens with zero attached hydrogens (tertiary/aromatic N) is 1.